The highest BCUT2D eigenvalue weighted by atomic mass is 32.2. The number of amides is 1. The fraction of sp³-hybridized carbons (Fsp3) is 0.400. The molecule has 1 amide bonds. The third kappa shape index (κ3) is 3.02. The second kappa shape index (κ2) is 6.15. The van der Waals surface area contributed by atoms with Gasteiger partial charge in [-0.05, 0) is 24.3 Å². The maximum atomic E-state index is 13.2. The van der Waals surface area contributed by atoms with Crippen LogP contribution in [0, 0.1) is 5.82 Å². The molecule has 1 fully saturated rings. The van der Waals surface area contributed by atoms with E-state index < -0.39 is 10.2 Å². The number of H-pyrrole nitrogens is 1. The van der Waals surface area contributed by atoms with Crippen molar-refractivity contribution in [2.45, 2.75) is 0 Å². The first-order chi connectivity index (χ1) is 11.3. The highest BCUT2D eigenvalue weighted by Gasteiger charge is 2.30. The van der Waals surface area contributed by atoms with Crippen molar-refractivity contribution in [2.75, 3.05) is 40.3 Å². The molecule has 7 nitrogen and oxygen atoms in total. The number of fused-ring (bicyclic) bond motifs is 1. The molecule has 1 aliphatic heterocycles. The second-order valence-corrected chi connectivity index (χ2v) is 8.04. The Labute approximate surface area is 139 Å². The molecule has 0 radical (unpaired) electrons. The van der Waals surface area contributed by atoms with Gasteiger partial charge in [0, 0.05) is 51.2 Å². The highest BCUT2D eigenvalue weighted by Crippen LogP contribution is 2.19. The smallest absolute Gasteiger partial charge is 0.281 e. The molecule has 0 bridgehead atoms. The van der Waals surface area contributed by atoms with Gasteiger partial charge in [-0.2, -0.15) is 17.0 Å². The Morgan fingerprint density at radius 2 is 1.83 bits per heavy atom. The quantitative estimate of drug-likeness (QED) is 0.889. The van der Waals surface area contributed by atoms with Crippen molar-refractivity contribution in [1.29, 1.82) is 0 Å². The molecule has 2 aromatic rings. The first kappa shape index (κ1) is 16.9. The lowest BCUT2D eigenvalue weighted by atomic mass is 10.2. The molecule has 1 aliphatic rings. The maximum absolute atomic E-state index is 13.2. The number of piperazine rings is 1. The van der Waals surface area contributed by atoms with Gasteiger partial charge in [0.2, 0.25) is 0 Å². The number of hydrogen-bond donors (Lipinski definition) is 1. The molecule has 1 saturated heterocycles. The predicted molar refractivity (Wildman–Crippen MR) is 88.3 cm³/mol. The molecule has 130 valence electrons. The van der Waals surface area contributed by atoms with Crippen molar-refractivity contribution in [3.8, 4) is 0 Å². The summed E-state index contributed by atoms with van der Waals surface area (Å²) < 4.78 is 39.9. The van der Waals surface area contributed by atoms with Gasteiger partial charge >= 0.3 is 0 Å². The van der Waals surface area contributed by atoms with E-state index in [1.165, 1.54) is 30.5 Å². The molecule has 0 saturated carbocycles. The van der Waals surface area contributed by atoms with Gasteiger partial charge in [-0.15, -0.1) is 0 Å². The zero-order chi connectivity index (χ0) is 17.5. The Bertz CT molecular complexity index is 870. The van der Waals surface area contributed by atoms with Crippen molar-refractivity contribution >= 4 is 27.0 Å². The Morgan fingerprint density at radius 1 is 1.17 bits per heavy atom. The Balaban J connectivity index is 1.72. The minimum absolute atomic E-state index is 0.214. The standard InChI is InChI=1S/C15H19FN4O3S/c1-18(2)24(22,23)20-7-5-19(6-8-20)15(21)14-10-11-9-12(16)3-4-13(11)17-14/h3-4,9-10,17H,5-8H2,1-2H3. The summed E-state index contributed by atoms with van der Waals surface area (Å²) in [7, 11) is -0.495. The van der Waals surface area contributed by atoms with Gasteiger partial charge < -0.3 is 9.88 Å². The molecule has 24 heavy (non-hydrogen) atoms. The fourth-order valence-corrected chi connectivity index (χ4v) is 3.83. The maximum Gasteiger partial charge on any atom is 0.281 e. The van der Waals surface area contributed by atoms with Crippen molar-refractivity contribution in [2.24, 2.45) is 0 Å². The van der Waals surface area contributed by atoms with E-state index in [0.717, 1.165) is 4.31 Å². The monoisotopic (exact) mass is 354 g/mol. The lowest BCUT2D eigenvalue weighted by molar-refractivity contribution is 0.0690. The first-order valence-corrected chi connectivity index (χ1v) is 8.94. The van der Waals surface area contributed by atoms with E-state index in [2.05, 4.69) is 4.98 Å². The van der Waals surface area contributed by atoms with Gasteiger partial charge in [0.25, 0.3) is 16.1 Å². The summed E-state index contributed by atoms with van der Waals surface area (Å²) in [6.45, 7) is 1.13. The average Bonchev–Trinajstić information content (AvgIpc) is 2.97. The molecular weight excluding hydrogens is 335 g/mol. The summed E-state index contributed by atoms with van der Waals surface area (Å²) >= 11 is 0. The van der Waals surface area contributed by atoms with Crippen LogP contribution in [0.3, 0.4) is 0 Å². The number of carbonyl (C=O) groups excluding carboxylic acids is 1. The van der Waals surface area contributed by atoms with Gasteiger partial charge in [0.15, 0.2) is 0 Å². The number of benzene rings is 1. The van der Waals surface area contributed by atoms with E-state index in [1.54, 1.807) is 17.0 Å². The first-order valence-electron chi connectivity index (χ1n) is 7.54. The minimum Gasteiger partial charge on any atom is -0.351 e. The van der Waals surface area contributed by atoms with Crippen LogP contribution < -0.4 is 0 Å². The number of nitrogens with zero attached hydrogens (tertiary/aromatic N) is 3. The SMILES string of the molecule is CN(C)S(=O)(=O)N1CCN(C(=O)c2cc3cc(F)ccc3[nH]2)CC1. The number of halogens is 1. The molecule has 2 heterocycles. The third-order valence-corrected chi connectivity index (χ3v) is 6.07. The summed E-state index contributed by atoms with van der Waals surface area (Å²) in [6, 6.07) is 5.90. The van der Waals surface area contributed by atoms with Gasteiger partial charge in [-0.25, -0.2) is 4.39 Å². The largest absolute Gasteiger partial charge is 0.351 e. The number of hydrogen-bond acceptors (Lipinski definition) is 3. The molecule has 0 aliphatic carbocycles. The van der Waals surface area contributed by atoms with Crippen LogP contribution in [0.1, 0.15) is 10.5 Å². The average molecular weight is 354 g/mol. The van der Waals surface area contributed by atoms with Crippen LogP contribution in [-0.4, -0.2) is 73.1 Å². The molecule has 1 N–H and O–H groups in total. The summed E-state index contributed by atoms with van der Waals surface area (Å²) in [4.78, 5) is 17.1. The zero-order valence-corrected chi connectivity index (χ0v) is 14.3. The van der Waals surface area contributed by atoms with Crippen molar-refractivity contribution in [1.82, 2.24) is 18.5 Å². The van der Waals surface area contributed by atoms with Crippen LogP contribution in [0.4, 0.5) is 4.39 Å². The van der Waals surface area contributed by atoms with Crippen LogP contribution in [0.15, 0.2) is 24.3 Å². The fourth-order valence-electron chi connectivity index (χ4n) is 2.74. The van der Waals surface area contributed by atoms with Crippen LogP contribution in [0.25, 0.3) is 10.9 Å². The van der Waals surface area contributed by atoms with Gasteiger partial charge in [-0.3, -0.25) is 4.79 Å². The summed E-state index contributed by atoms with van der Waals surface area (Å²) in [5, 5.41) is 0.632. The van der Waals surface area contributed by atoms with E-state index in [0.29, 0.717) is 29.7 Å². The highest BCUT2D eigenvalue weighted by molar-refractivity contribution is 7.86. The normalized spacial score (nSPS) is 16.9. The summed E-state index contributed by atoms with van der Waals surface area (Å²) in [5.74, 6) is -0.573. The molecule has 9 heteroatoms. The molecule has 1 aromatic heterocycles. The molecule has 0 spiro atoms. The molecule has 1 aromatic carbocycles. The van der Waals surface area contributed by atoms with Gasteiger partial charge in [0.1, 0.15) is 11.5 Å². The summed E-state index contributed by atoms with van der Waals surface area (Å²) in [6.07, 6.45) is 0. The molecular formula is C15H19FN4O3S. The topological polar surface area (TPSA) is 76.7 Å². The van der Waals surface area contributed by atoms with Gasteiger partial charge in [-0.1, -0.05) is 0 Å². The molecule has 0 atom stereocenters. The van der Waals surface area contributed by atoms with Crippen molar-refractivity contribution < 1.29 is 17.6 Å². The van der Waals surface area contributed by atoms with Crippen LogP contribution in [0.5, 0.6) is 0 Å². The predicted octanol–water partition coefficient (Wildman–Crippen LogP) is 0.871. The summed E-state index contributed by atoms with van der Waals surface area (Å²) in [5.41, 5.74) is 1.06. The molecule has 3 rings (SSSR count). The van der Waals surface area contributed by atoms with Crippen molar-refractivity contribution in [3.05, 3.63) is 35.8 Å². The van der Waals surface area contributed by atoms with E-state index in [-0.39, 0.29) is 24.8 Å². The Hall–Kier alpha value is -1.97. The second-order valence-electron chi connectivity index (χ2n) is 5.90. The van der Waals surface area contributed by atoms with E-state index in [9.17, 15) is 17.6 Å². The van der Waals surface area contributed by atoms with E-state index in [1.807, 2.05) is 0 Å². The Kier molecular flexibility index (Phi) is 4.33. The number of carbonyl (C=O) groups is 1. The van der Waals surface area contributed by atoms with Crippen LogP contribution in [-0.2, 0) is 10.2 Å². The Morgan fingerprint density at radius 3 is 2.46 bits per heavy atom. The zero-order valence-electron chi connectivity index (χ0n) is 13.5. The number of rotatable bonds is 3. The van der Waals surface area contributed by atoms with E-state index in [4.69, 9.17) is 0 Å². The molecule has 0 unspecified atom stereocenters. The van der Waals surface area contributed by atoms with Crippen molar-refractivity contribution in [3.63, 3.8) is 0 Å². The number of aromatic nitrogens is 1. The lowest BCUT2D eigenvalue weighted by Crippen LogP contribution is -2.53. The van der Waals surface area contributed by atoms with Gasteiger partial charge in [0.05, 0.1) is 0 Å². The van der Waals surface area contributed by atoms with Crippen LogP contribution in [0.2, 0.25) is 0 Å². The van der Waals surface area contributed by atoms with Crippen LogP contribution >= 0.6 is 0 Å². The van der Waals surface area contributed by atoms with E-state index >= 15 is 0 Å². The lowest BCUT2D eigenvalue weighted by Gasteiger charge is -2.34. The number of nitrogens with one attached hydrogen (secondary N) is 1. The number of aromatic amines is 1. The minimum atomic E-state index is -3.46. The third-order valence-electron chi connectivity index (χ3n) is 4.13.